The van der Waals surface area contributed by atoms with E-state index in [1.807, 2.05) is 0 Å². The average Bonchev–Trinajstić information content (AvgIpc) is 2.89. The number of hydrogen-bond donors (Lipinski definition) is 0. The van der Waals surface area contributed by atoms with Crippen molar-refractivity contribution in [1.82, 2.24) is 0 Å². The Labute approximate surface area is 244 Å². The summed E-state index contributed by atoms with van der Waals surface area (Å²) in [6.07, 6.45) is 27.1. The molecular weight excluding hydrogens is 583 g/mol. The molecular formula is C32H64O5Sn. The first-order valence-electron chi connectivity index (χ1n) is 16.3. The van der Waals surface area contributed by atoms with Gasteiger partial charge in [0.25, 0.3) is 0 Å². The third-order valence-electron chi connectivity index (χ3n) is 6.59. The third kappa shape index (κ3) is 48.6. The number of unbranched alkanes of at least 4 members (excludes halogenated alkanes) is 18. The van der Waals surface area contributed by atoms with Crippen LogP contribution in [-0.4, -0.2) is 31.7 Å². The van der Waals surface area contributed by atoms with Crippen molar-refractivity contribution in [3.8, 4) is 0 Å². The topological polar surface area (TPSA) is 97.3 Å². The monoisotopic (exact) mass is 648 g/mol. The fraction of sp³-hybridized carbons (Fsp3) is 0.938. The molecule has 0 aromatic carbocycles. The number of carbonyl (C=O) groups excluding carboxylic acids is 2. The van der Waals surface area contributed by atoms with Crippen LogP contribution in [0, 0.1) is 0 Å². The summed E-state index contributed by atoms with van der Waals surface area (Å²) in [4.78, 5) is 20.2. The molecule has 0 aliphatic rings. The fourth-order valence-corrected chi connectivity index (χ4v) is 9.02. The summed E-state index contributed by atoms with van der Waals surface area (Å²) in [5.74, 6) is -1.82. The van der Waals surface area contributed by atoms with Crippen LogP contribution in [0.25, 0.3) is 0 Å². The normalized spacial score (nSPS) is 10.2. The standard InChI is InChI=1S/2C12H24O2.2C4H9.O.Sn/c2*1-2-3-4-5-6-7-8-9-10-11-12(13)14;2*1-3-4-2;;/h2*2-11H2,1H3,(H,13,14);2*1,3-4H2,2H3;;/q;;;;;+2/p-2. The Morgan fingerprint density at radius 3 is 0.895 bits per heavy atom. The van der Waals surface area contributed by atoms with Crippen molar-refractivity contribution in [1.29, 1.82) is 0 Å². The van der Waals surface area contributed by atoms with E-state index >= 15 is 0 Å². The van der Waals surface area contributed by atoms with Gasteiger partial charge in [0.15, 0.2) is 0 Å². The summed E-state index contributed by atoms with van der Waals surface area (Å²) in [5.41, 5.74) is 0. The van der Waals surface area contributed by atoms with Crippen LogP contribution in [0.4, 0.5) is 0 Å². The SMILES string of the molecule is CCCCCCCCCCCC(=O)[O-].CCCCCCCCCCCC(=O)[O-].CCC[CH2][Sn+2](=[O])[CH2]CCC. The zero-order chi connectivity index (χ0) is 29.1. The zero-order valence-corrected chi connectivity index (χ0v) is 28.8. The quantitative estimate of drug-likeness (QED) is 0.0695. The van der Waals surface area contributed by atoms with Crippen LogP contribution in [0.5, 0.6) is 0 Å². The van der Waals surface area contributed by atoms with Gasteiger partial charge in [0.05, 0.1) is 0 Å². The van der Waals surface area contributed by atoms with Gasteiger partial charge in [-0.25, -0.2) is 0 Å². The van der Waals surface area contributed by atoms with Crippen LogP contribution >= 0.6 is 0 Å². The second-order valence-electron chi connectivity index (χ2n) is 10.6. The Morgan fingerprint density at radius 2 is 0.658 bits per heavy atom. The Hall–Kier alpha value is -0.461. The first kappa shape index (κ1) is 42.0. The number of hydrogen-bond acceptors (Lipinski definition) is 5. The fourth-order valence-electron chi connectivity index (χ4n) is 4.03. The van der Waals surface area contributed by atoms with Crippen LogP contribution in [0.3, 0.4) is 0 Å². The van der Waals surface area contributed by atoms with Gasteiger partial charge in [-0.05, 0) is 25.7 Å². The second-order valence-corrected chi connectivity index (χ2v) is 16.6. The molecule has 0 aliphatic carbocycles. The molecule has 0 rings (SSSR count). The van der Waals surface area contributed by atoms with Gasteiger partial charge in [-0.3, -0.25) is 0 Å². The van der Waals surface area contributed by atoms with Gasteiger partial charge in [-0.2, -0.15) is 0 Å². The molecule has 0 aliphatic heterocycles. The summed E-state index contributed by atoms with van der Waals surface area (Å²) in [6, 6.07) is 0. The number of rotatable bonds is 26. The van der Waals surface area contributed by atoms with Crippen molar-refractivity contribution < 1.29 is 22.9 Å². The van der Waals surface area contributed by atoms with Gasteiger partial charge in [-0.15, -0.1) is 0 Å². The maximum atomic E-state index is 11.2. The molecule has 0 aromatic heterocycles. The Balaban J connectivity index is -0.000000492. The molecule has 0 amide bonds. The Morgan fingerprint density at radius 1 is 0.421 bits per heavy atom. The number of carboxylic acid groups (broad SMARTS) is 2. The van der Waals surface area contributed by atoms with Crippen molar-refractivity contribution in [3.05, 3.63) is 0 Å². The molecule has 0 N–H and O–H groups in total. The van der Waals surface area contributed by atoms with Crippen LogP contribution < -0.4 is 10.2 Å². The van der Waals surface area contributed by atoms with E-state index in [1.54, 1.807) is 0 Å². The van der Waals surface area contributed by atoms with Gasteiger partial charge in [0.1, 0.15) is 0 Å². The average molecular weight is 648 g/mol. The van der Waals surface area contributed by atoms with Gasteiger partial charge in [0.2, 0.25) is 0 Å². The molecule has 0 aromatic rings. The van der Waals surface area contributed by atoms with E-state index < -0.39 is 31.7 Å². The Kier molecular flexibility index (Phi) is 42.8. The minimum atomic E-state index is -1.99. The molecule has 0 saturated carbocycles. The zero-order valence-electron chi connectivity index (χ0n) is 25.9. The van der Waals surface area contributed by atoms with Gasteiger partial charge in [-0.1, -0.05) is 117 Å². The molecule has 5 nitrogen and oxygen atoms in total. The molecule has 6 heteroatoms. The molecule has 226 valence electrons. The molecule has 0 saturated heterocycles. The van der Waals surface area contributed by atoms with E-state index in [1.165, 1.54) is 116 Å². The molecule has 0 fully saturated rings. The van der Waals surface area contributed by atoms with Crippen molar-refractivity contribution in [3.63, 3.8) is 0 Å². The number of carbonyl (C=O) groups is 2. The number of carboxylic acids is 2. The Bertz CT molecular complexity index is 454. The van der Waals surface area contributed by atoms with Crippen molar-refractivity contribution in [2.75, 3.05) is 0 Å². The molecule has 0 atom stereocenters. The maximum absolute atomic E-state index is 11.2. The first-order chi connectivity index (χ1) is 18.3. The van der Waals surface area contributed by atoms with Crippen LogP contribution in [0.2, 0.25) is 8.87 Å². The molecule has 2 radical (unpaired) electrons. The number of aliphatic carboxylic acids is 2. The van der Waals surface area contributed by atoms with Gasteiger partial charge in [0, 0.05) is 11.9 Å². The predicted octanol–water partition coefficient (Wildman–Crippen LogP) is 8.32. The van der Waals surface area contributed by atoms with Crippen LogP contribution in [0.1, 0.15) is 182 Å². The van der Waals surface area contributed by atoms with Gasteiger partial charge < -0.3 is 19.8 Å². The van der Waals surface area contributed by atoms with Crippen LogP contribution in [0.15, 0.2) is 0 Å². The third-order valence-corrected chi connectivity index (χ3v) is 11.8. The van der Waals surface area contributed by atoms with Crippen molar-refractivity contribution >= 4 is 31.7 Å². The van der Waals surface area contributed by atoms with E-state index in [0.29, 0.717) is 0 Å². The van der Waals surface area contributed by atoms with Crippen molar-refractivity contribution in [2.24, 2.45) is 0 Å². The molecule has 0 unspecified atom stereocenters. The van der Waals surface area contributed by atoms with E-state index in [2.05, 4.69) is 27.7 Å². The summed E-state index contributed by atoms with van der Waals surface area (Å²) in [7, 11) is 0. The summed E-state index contributed by atoms with van der Waals surface area (Å²) >= 11 is -1.99. The van der Waals surface area contributed by atoms with E-state index in [4.69, 9.17) is 0 Å². The van der Waals surface area contributed by atoms with E-state index in [9.17, 15) is 22.9 Å². The summed E-state index contributed by atoms with van der Waals surface area (Å²) < 4.78 is 13.4. The predicted molar refractivity (Wildman–Crippen MR) is 160 cm³/mol. The molecule has 0 heterocycles. The summed E-state index contributed by atoms with van der Waals surface area (Å²) in [6.45, 7) is 8.77. The molecule has 0 spiro atoms. The minimum absolute atomic E-state index is 0.232. The van der Waals surface area contributed by atoms with E-state index in [0.717, 1.165) is 34.6 Å². The molecule has 0 bridgehead atoms. The van der Waals surface area contributed by atoms with Crippen molar-refractivity contribution in [2.45, 2.75) is 191 Å². The summed E-state index contributed by atoms with van der Waals surface area (Å²) in [5, 5.41) is 20.2. The first-order valence-corrected chi connectivity index (χ1v) is 21.5. The van der Waals surface area contributed by atoms with Crippen LogP contribution in [-0.2, 0) is 12.7 Å². The second kappa shape index (κ2) is 38.7. The molecule has 38 heavy (non-hydrogen) atoms. The van der Waals surface area contributed by atoms with E-state index in [-0.39, 0.29) is 12.8 Å². The van der Waals surface area contributed by atoms with Gasteiger partial charge >= 0.3 is 71.2 Å².